The fraction of sp³-hybridized carbons (Fsp3) is 0.714. The fourth-order valence-electron chi connectivity index (χ4n) is 6.04. The van der Waals surface area contributed by atoms with Crippen LogP contribution >= 0.6 is 0 Å². The van der Waals surface area contributed by atoms with Crippen molar-refractivity contribution in [2.24, 2.45) is 23.7 Å². The van der Waals surface area contributed by atoms with Gasteiger partial charge < -0.3 is 0 Å². The minimum atomic E-state index is -5.00. The van der Waals surface area contributed by atoms with Gasteiger partial charge in [-0.25, -0.2) is 8.78 Å². The standard InChI is InChI=1S/C28H39F5/c1-2-3-4-5-6-7-20-10-14-23(15-11-20)24-16-12-21(13-17-24)8-9-22-18-25(29)27(26(30)19-22)28(31,32)33/h4-5,18-21,23-24H,2-3,6-17H2,1H3/b5-4+. The number of alkyl halides is 3. The van der Waals surface area contributed by atoms with Crippen LogP contribution < -0.4 is 0 Å². The highest BCUT2D eigenvalue weighted by molar-refractivity contribution is 5.28. The Hall–Kier alpha value is -1.39. The van der Waals surface area contributed by atoms with Crippen LogP contribution in [0.25, 0.3) is 0 Å². The summed E-state index contributed by atoms with van der Waals surface area (Å²) in [5.41, 5.74) is -1.46. The second kappa shape index (κ2) is 12.4. The van der Waals surface area contributed by atoms with Crippen LogP contribution in [0.3, 0.4) is 0 Å². The van der Waals surface area contributed by atoms with Gasteiger partial charge in [0.25, 0.3) is 0 Å². The lowest BCUT2D eigenvalue weighted by atomic mass is 9.68. The largest absolute Gasteiger partial charge is 0.422 e. The number of aryl methyl sites for hydroxylation is 1. The maximum atomic E-state index is 13.8. The van der Waals surface area contributed by atoms with Gasteiger partial charge in [0, 0.05) is 0 Å². The molecular formula is C28H39F5. The third kappa shape index (κ3) is 7.82. The predicted molar refractivity (Wildman–Crippen MR) is 124 cm³/mol. The molecular weight excluding hydrogens is 431 g/mol. The zero-order chi connectivity index (χ0) is 23.8. The van der Waals surface area contributed by atoms with Gasteiger partial charge in [-0.3, -0.25) is 0 Å². The van der Waals surface area contributed by atoms with Crippen molar-refractivity contribution in [3.63, 3.8) is 0 Å². The van der Waals surface area contributed by atoms with Gasteiger partial charge in [-0.2, -0.15) is 13.2 Å². The molecule has 0 aliphatic heterocycles. The first-order valence-electron chi connectivity index (χ1n) is 13.0. The maximum absolute atomic E-state index is 13.8. The summed E-state index contributed by atoms with van der Waals surface area (Å²) in [7, 11) is 0. The van der Waals surface area contributed by atoms with Crippen LogP contribution in [-0.4, -0.2) is 0 Å². The smallest absolute Gasteiger partial charge is 0.206 e. The van der Waals surface area contributed by atoms with Crippen molar-refractivity contribution in [2.45, 2.75) is 103 Å². The quantitative estimate of drug-likeness (QED) is 0.249. The Balaban J connectivity index is 1.37. The van der Waals surface area contributed by atoms with E-state index in [9.17, 15) is 22.0 Å². The zero-order valence-electron chi connectivity index (χ0n) is 19.9. The van der Waals surface area contributed by atoms with E-state index in [1.54, 1.807) is 0 Å². The van der Waals surface area contributed by atoms with Crippen LogP contribution in [0.5, 0.6) is 0 Å². The van der Waals surface area contributed by atoms with Crippen molar-refractivity contribution < 1.29 is 22.0 Å². The number of benzene rings is 1. The molecule has 0 aromatic heterocycles. The van der Waals surface area contributed by atoms with E-state index in [0.717, 1.165) is 49.1 Å². The van der Waals surface area contributed by atoms with Crippen molar-refractivity contribution in [2.75, 3.05) is 0 Å². The van der Waals surface area contributed by atoms with Crippen LogP contribution in [0.4, 0.5) is 22.0 Å². The van der Waals surface area contributed by atoms with Crippen LogP contribution in [-0.2, 0) is 12.6 Å². The molecule has 0 bridgehead atoms. The highest BCUT2D eigenvalue weighted by Crippen LogP contribution is 2.43. The number of hydrogen-bond donors (Lipinski definition) is 0. The molecule has 186 valence electrons. The van der Waals surface area contributed by atoms with E-state index in [0.29, 0.717) is 17.9 Å². The molecule has 0 unspecified atom stereocenters. The van der Waals surface area contributed by atoms with Crippen molar-refractivity contribution in [3.05, 3.63) is 47.0 Å². The third-order valence-corrected chi connectivity index (χ3v) is 8.04. The highest BCUT2D eigenvalue weighted by atomic mass is 19.4. The molecule has 0 saturated heterocycles. The summed E-state index contributed by atoms with van der Waals surface area (Å²) in [6.45, 7) is 2.21. The maximum Gasteiger partial charge on any atom is 0.422 e. The molecule has 1 aromatic carbocycles. The topological polar surface area (TPSA) is 0 Å². The van der Waals surface area contributed by atoms with Crippen LogP contribution in [0.1, 0.15) is 102 Å². The average Bonchev–Trinajstić information content (AvgIpc) is 2.77. The lowest BCUT2D eigenvalue weighted by molar-refractivity contribution is -0.142. The molecule has 0 radical (unpaired) electrons. The van der Waals surface area contributed by atoms with Gasteiger partial charge in [0.2, 0.25) is 0 Å². The lowest BCUT2D eigenvalue weighted by Crippen LogP contribution is -2.26. The zero-order valence-corrected chi connectivity index (χ0v) is 19.9. The molecule has 2 saturated carbocycles. The minimum Gasteiger partial charge on any atom is -0.206 e. The van der Waals surface area contributed by atoms with Crippen molar-refractivity contribution in [1.82, 2.24) is 0 Å². The van der Waals surface area contributed by atoms with E-state index in [1.165, 1.54) is 64.2 Å². The second-order valence-corrected chi connectivity index (χ2v) is 10.4. The molecule has 0 spiro atoms. The first-order valence-corrected chi connectivity index (χ1v) is 13.0. The Kier molecular flexibility index (Phi) is 9.81. The molecule has 2 fully saturated rings. The summed E-state index contributed by atoms with van der Waals surface area (Å²) in [6, 6.07) is 1.71. The van der Waals surface area contributed by atoms with Gasteiger partial charge in [-0.05, 0) is 99.2 Å². The summed E-state index contributed by atoms with van der Waals surface area (Å²) in [6.07, 6.45) is 15.9. The minimum absolute atomic E-state index is 0.322. The molecule has 1 aromatic rings. The molecule has 0 N–H and O–H groups in total. The van der Waals surface area contributed by atoms with Crippen molar-refractivity contribution in [1.29, 1.82) is 0 Å². The normalized spacial score (nSPS) is 26.7. The fourth-order valence-corrected chi connectivity index (χ4v) is 6.04. The number of halogens is 5. The van der Waals surface area contributed by atoms with Gasteiger partial charge in [0.15, 0.2) is 0 Å². The molecule has 0 atom stereocenters. The van der Waals surface area contributed by atoms with Gasteiger partial charge in [-0.15, -0.1) is 0 Å². The molecule has 0 heterocycles. The van der Waals surface area contributed by atoms with Gasteiger partial charge in [-0.1, -0.05) is 51.2 Å². The highest BCUT2D eigenvalue weighted by Gasteiger charge is 2.38. The lowest BCUT2D eigenvalue weighted by Gasteiger charge is -2.38. The molecule has 3 rings (SSSR count). The van der Waals surface area contributed by atoms with E-state index in [1.807, 2.05) is 0 Å². The summed E-state index contributed by atoms with van der Waals surface area (Å²) in [4.78, 5) is 0. The number of allylic oxidation sites excluding steroid dienone is 2. The number of unbranched alkanes of at least 4 members (excludes halogenated alkanes) is 1. The third-order valence-electron chi connectivity index (χ3n) is 8.04. The van der Waals surface area contributed by atoms with Crippen LogP contribution in [0.2, 0.25) is 0 Å². The molecule has 0 nitrogen and oxygen atoms in total. The van der Waals surface area contributed by atoms with Crippen LogP contribution in [0, 0.1) is 35.3 Å². The van der Waals surface area contributed by atoms with Gasteiger partial charge in [0.05, 0.1) is 0 Å². The first kappa shape index (κ1) is 26.2. The van der Waals surface area contributed by atoms with Crippen molar-refractivity contribution in [3.8, 4) is 0 Å². The van der Waals surface area contributed by atoms with Crippen LogP contribution in [0.15, 0.2) is 24.3 Å². The molecule has 5 heteroatoms. The molecule has 33 heavy (non-hydrogen) atoms. The van der Waals surface area contributed by atoms with E-state index in [2.05, 4.69) is 19.1 Å². The summed E-state index contributed by atoms with van der Waals surface area (Å²) in [5.74, 6) is 0.0143. The van der Waals surface area contributed by atoms with E-state index < -0.39 is 23.4 Å². The average molecular weight is 471 g/mol. The summed E-state index contributed by atoms with van der Waals surface area (Å²) >= 11 is 0. The number of hydrogen-bond acceptors (Lipinski definition) is 0. The van der Waals surface area contributed by atoms with Gasteiger partial charge in [0.1, 0.15) is 17.2 Å². The SMILES string of the molecule is CCC/C=C/CCC1CCC(C2CCC(CCc3cc(F)c(C(F)(F)F)c(F)c3)CC2)CC1. The Bertz CT molecular complexity index is 727. The first-order chi connectivity index (χ1) is 15.8. The summed E-state index contributed by atoms with van der Waals surface area (Å²) in [5, 5.41) is 0. The molecule has 0 amide bonds. The Morgan fingerprint density at radius 3 is 1.73 bits per heavy atom. The van der Waals surface area contributed by atoms with E-state index in [-0.39, 0.29) is 0 Å². The Morgan fingerprint density at radius 1 is 0.758 bits per heavy atom. The Labute approximate surface area is 196 Å². The van der Waals surface area contributed by atoms with E-state index in [4.69, 9.17) is 0 Å². The predicted octanol–water partition coefficient (Wildman–Crippen LogP) is 9.67. The van der Waals surface area contributed by atoms with Gasteiger partial charge >= 0.3 is 6.18 Å². The van der Waals surface area contributed by atoms with E-state index >= 15 is 0 Å². The molecule has 2 aliphatic carbocycles. The Morgan fingerprint density at radius 2 is 1.24 bits per heavy atom. The van der Waals surface area contributed by atoms with Crippen molar-refractivity contribution >= 4 is 0 Å². The summed E-state index contributed by atoms with van der Waals surface area (Å²) < 4.78 is 65.9. The monoisotopic (exact) mass is 470 g/mol. The molecule has 2 aliphatic rings. The number of rotatable bonds is 9. The second-order valence-electron chi connectivity index (χ2n) is 10.4.